The molecule has 0 bridgehead atoms. The molecule has 1 aliphatic heterocycles. The quantitative estimate of drug-likeness (QED) is 0.739. The van der Waals surface area contributed by atoms with Gasteiger partial charge in [0.15, 0.2) is 11.5 Å². The number of fused-ring (bicyclic) bond motifs is 1. The normalized spacial score (nSPS) is 15.9. The number of carbonyl (C=O) groups is 1. The minimum Gasteiger partial charge on any atom is -0.508 e. The molecule has 3 rings (SSSR count). The Morgan fingerprint density at radius 2 is 2.09 bits per heavy atom. The first-order valence-corrected chi connectivity index (χ1v) is 6.69. The number of benzene rings is 2. The summed E-state index contributed by atoms with van der Waals surface area (Å²) in [6.07, 6.45) is -0.715. The summed E-state index contributed by atoms with van der Waals surface area (Å²) < 4.78 is 11.0. The van der Waals surface area contributed by atoms with Crippen LogP contribution in [0.3, 0.4) is 0 Å². The minimum absolute atomic E-state index is 0.0583. The van der Waals surface area contributed by atoms with Crippen LogP contribution >= 0.6 is 0 Å². The minimum atomic E-state index is -0.961. The first-order valence-electron chi connectivity index (χ1n) is 6.69. The largest absolute Gasteiger partial charge is 0.508 e. The summed E-state index contributed by atoms with van der Waals surface area (Å²) in [5.74, 6) is -0.366. The standard InChI is InChI=1S/C15H13BO6/c17-8-2-1-3-9(6-8)21-11-5-4-10-12(7-13(18)19)22-16-14(10)15(11)20/h1-6,12,16-17,20H,7H2,(H,18,19). The van der Waals surface area contributed by atoms with Gasteiger partial charge in [0.2, 0.25) is 0 Å². The van der Waals surface area contributed by atoms with Crippen LogP contribution in [0.4, 0.5) is 0 Å². The second kappa shape index (κ2) is 5.61. The lowest BCUT2D eigenvalue weighted by Crippen LogP contribution is -2.12. The van der Waals surface area contributed by atoms with E-state index in [1.165, 1.54) is 12.1 Å². The number of ether oxygens (including phenoxy) is 1. The van der Waals surface area contributed by atoms with E-state index in [-0.39, 0.29) is 31.2 Å². The highest BCUT2D eigenvalue weighted by atomic mass is 16.5. The van der Waals surface area contributed by atoms with Crippen molar-refractivity contribution in [1.82, 2.24) is 0 Å². The Kier molecular flexibility index (Phi) is 3.64. The predicted octanol–water partition coefficient (Wildman–Crippen LogP) is 1.41. The van der Waals surface area contributed by atoms with Gasteiger partial charge in [-0.25, -0.2) is 0 Å². The predicted molar refractivity (Wildman–Crippen MR) is 79.1 cm³/mol. The molecule has 2 aromatic rings. The average molecular weight is 300 g/mol. The van der Waals surface area contributed by atoms with Crippen molar-refractivity contribution in [2.24, 2.45) is 0 Å². The lowest BCUT2D eigenvalue weighted by Gasteiger charge is -2.12. The van der Waals surface area contributed by atoms with Gasteiger partial charge in [-0.05, 0) is 29.2 Å². The van der Waals surface area contributed by atoms with Crippen LogP contribution in [0.25, 0.3) is 0 Å². The monoisotopic (exact) mass is 300 g/mol. The van der Waals surface area contributed by atoms with Crippen LogP contribution in [0, 0.1) is 0 Å². The lowest BCUT2D eigenvalue weighted by atomic mass is 9.85. The Balaban J connectivity index is 1.88. The Morgan fingerprint density at radius 1 is 1.27 bits per heavy atom. The number of phenolic OH excluding ortho intramolecular Hbond substituents is 2. The Labute approximate surface area is 126 Å². The molecule has 0 spiro atoms. The molecule has 1 aliphatic rings. The van der Waals surface area contributed by atoms with E-state index in [1.54, 1.807) is 24.3 Å². The van der Waals surface area contributed by atoms with Crippen LogP contribution in [-0.4, -0.2) is 28.8 Å². The summed E-state index contributed by atoms with van der Waals surface area (Å²) in [6, 6.07) is 9.46. The number of hydrogen-bond acceptors (Lipinski definition) is 5. The van der Waals surface area contributed by atoms with Crippen molar-refractivity contribution in [3.63, 3.8) is 0 Å². The van der Waals surface area contributed by atoms with Crippen molar-refractivity contribution >= 4 is 18.9 Å². The number of carboxylic acid groups (broad SMARTS) is 1. The number of aliphatic carboxylic acids is 1. The number of phenols is 2. The van der Waals surface area contributed by atoms with Crippen molar-refractivity contribution in [2.75, 3.05) is 0 Å². The average Bonchev–Trinajstić information content (AvgIpc) is 2.85. The van der Waals surface area contributed by atoms with Crippen molar-refractivity contribution in [1.29, 1.82) is 0 Å². The molecule has 0 radical (unpaired) electrons. The van der Waals surface area contributed by atoms with Gasteiger partial charge in [0, 0.05) is 6.07 Å². The highest BCUT2D eigenvalue weighted by Crippen LogP contribution is 2.35. The molecule has 0 fully saturated rings. The van der Waals surface area contributed by atoms with Gasteiger partial charge in [0.25, 0.3) is 0 Å². The molecule has 0 aliphatic carbocycles. The maximum Gasteiger partial charge on any atom is 0.313 e. The van der Waals surface area contributed by atoms with E-state index < -0.39 is 12.1 Å². The van der Waals surface area contributed by atoms with Crippen molar-refractivity contribution in [3.8, 4) is 23.0 Å². The van der Waals surface area contributed by atoms with Crippen LogP contribution in [-0.2, 0) is 9.45 Å². The lowest BCUT2D eigenvalue weighted by molar-refractivity contribution is -0.138. The smallest absolute Gasteiger partial charge is 0.313 e. The van der Waals surface area contributed by atoms with Gasteiger partial charge in [-0.3, -0.25) is 4.79 Å². The molecular weight excluding hydrogens is 287 g/mol. The molecule has 7 heteroatoms. The van der Waals surface area contributed by atoms with E-state index in [2.05, 4.69) is 0 Å². The maximum absolute atomic E-state index is 10.8. The van der Waals surface area contributed by atoms with E-state index in [1.807, 2.05) is 0 Å². The third kappa shape index (κ3) is 2.71. The summed E-state index contributed by atoms with van der Waals surface area (Å²) in [4.78, 5) is 10.8. The molecule has 0 saturated carbocycles. The van der Waals surface area contributed by atoms with E-state index in [0.717, 1.165) is 0 Å². The summed E-state index contributed by atoms with van der Waals surface area (Å²) in [7, 11) is 0.135. The molecular formula is C15H13BO6. The Hall–Kier alpha value is -2.67. The molecule has 3 N–H and O–H groups in total. The third-order valence-electron chi connectivity index (χ3n) is 3.46. The molecule has 0 amide bonds. The number of aromatic hydroxyl groups is 2. The molecule has 1 atom stereocenters. The van der Waals surface area contributed by atoms with E-state index >= 15 is 0 Å². The summed E-state index contributed by atoms with van der Waals surface area (Å²) >= 11 is 0. The summed E-state index contributed by atoms with van der Waals surface area (Å²) in [5.41, 5.74) is 1.19. The van der Waals surface area contributed by atoms with Gasteiger partial charge >= 0.3 is 13.5 Å². The zero-order chi connectivity index (χ0) is 15.7. The number of carboxylic acids is 1. The van der Waals surface area contributed by atoms with Crippen LogP contribution in [0.2, 0.25) is 0 Å². The van der Waals surface area contributed by atoms with Crippen LogP contribution in [0.1, 0.15) is 18.1 Å². The number of rotatable bonds is 4. The topological polar surface area (TPSA) is 96.2 Å². The first kappa shape index (κ1) is 14.3. The second-order valence-electron chi connectivity index (χ2n) is 4.98. The zero-order valence-corrected chi connectivity index (χ0v) is 11.5. The van der Waals surface area contributed by atoms with Crippen LogP contribution in [0.15, 0.2) is 36.4 Å². The van der Waals surface area contributed by atoms with E-state index in [0.29, 0.717) is 16.8 Å². The fraction of sp³-hybridized carbons (Fsp3) is 0.133. The van der Waals surface area contributed by atoms with Gasteiger partial charge in [-0.15, -0.1) is 0 Å². The highest BCUT2D eigenvalue weighted by molar-refractivity contribution is 6.50. The maximum atomic E-state index is 10.8. The third-order valence-corrected chi connectivity index (χ3v) is 3.46. The van der Waals surface area contributed by atoms with E-state index in [4.69, 9.17) is 14.5 Å². The molecule has 1 heterocycles. The number of hydrogen-bond donors (Lipinski definition) is 3. The molecule has 112 valence electrons. The molecule has 0 aromatic heterocycles. The Morgan fingerprint density at radius 3 is 2.82 bits per heavy atom. The molecule has 0 saturated heterocycles. The van der Waals surface area contributed by atoms with Gasteiger partial charge in [0.05, 0.1) is 12.5 Å². The van der Waals surface area contributed by atoms with Gasteiger partial charge < -0.3 is 24.7 Å². The van der Waals surface area contributed by atoms with Crippen LogP contribution in [0.5, 0.6) is 23.0 Å². The second-order valence-corrected chi connectivity index (χ2v) is 4.98. The molecule has 1 unspecified atom stereocenters. The van der Waals surface area contributed by atoms with Gasteiger partial charge in [-0.2, -0.15) is 0 Å². The zero-order valence-electron chi connectivity index (χ0n) is 11.5. The molecule has 22 heavy (non-hydrogen) atoms. The highest BCUT2D eigenvalue weighted by Gasteiger charge is 2.30. The van der Waals surface area contributed by atoms with Crippen molar-refractivity contribution in [3.05, 3.63) is 42.0 Å². The molecule has 6 nitrogen and oxygen atoms in total. The Bertz CT molecular complexity index is 730. The van der Waals surface area contributed by atoms with Crippen molar-refractivity contribution < 1.29 is 29.5 Å². The molecule has 2 aromatic carbocycles. The van der Waals surface area contributed by atoms with Crippen LogP contribution < -0.4 is 10.2 Å². The SMILES string of the molecule is O=C(O)CC1OBc2c1ccc(Oc1cccc(O)c1)c2O. The first-order chi connectivity index (χ1) is 10.5. The summed E-state index contributed by atoms with van der Waals surface area (Å²) in [6.45, 7) is 0. The van der Waals surface area contributed by atoms with Gasteiger partial charge in [0.1, 0.15) is 11.5 Å². The van der Waals surface area contributed by atoms with Gasteiger partial charge in [-0.1, -0.05) is 12.1 Å². The fourth-order valence-corrected chi connectivity index (χ4v) is 2.44. The summed E-state index contributed by atoms with van der Waals surface area (Å²) in [5, 5.41) is 28.5. The van der Waals surface area contributed by atoms with E-state index in [9.17, 15) is 15.0 Å². The fourth-order valence-electron chi connectivity index (χ4n) is 2.44. The van der Waals surface area contributed by atoms with Crippen molar-refractivity contribution in [2.45, 2.75) is 12.5 Å².